The predicted molar refractivity (Wildman–Crippen MR) is 123 cm³/mol. The van der Waals surface area contributed by atoms with Gasteiger partial charge in [0.1, 0.15) is 36.2 Å². The molecule has 0 N–H and O–H groups in total. The molecule has 3 aromatic heterocycles. The topological polar surface area (TPSA) is 89.1 Å². The minimum atomic E-state index is -4.47. The Hall–Kier alpha value is -4.09. The number of rotatable bonds is 6. The SMILES string of the molecule is COc1ccc(Cc2c(-c3nc(C)nn3CC(F)(F)F)nc3n2CCOc2ccncc2-3)cc1OC. The Kier molecular flexibility index (Phi) is 6.02. The second-order valence-corrected chi connectivity index (χ2v) is 8.22. The molecule has 188 valence electrons. The largest absolute Gasteiger partial charge is 0.493 e. The lowest BCUT2D eigenvalue weighted by Crippen LogP contribution is -2.20. The maximum absolute atomic E-state index is 13.4. The summed E-state index contributed by atoms with van der Waals surface area (Å²) in [4.78, 5) is 13.3. The normalized spacial score (nSPS) is 12.9. The average molecular weight is 500 g/mol. The van der Waals surface area contributed by atoms with E-state index in [4.69, 9.17) is 19.2 Å². The van der Waals surface area contributed by atoms with Gasteiger partial charge in [-0.05, 0) is 30.7 Å². The van der Waals surface area contributed by atoms with Crippen LogP contribution in [-0.4, -0.2) is 56.3 Å². The Morgan fingerprint density at radius 2 is 1.86 bits per heavy atom. The van der Waals surface area contributed by atoms with Gasteiger partial charge in [-0.15, -0.1) is 0 Å². The predicted octanol–water partition coefficient (Wildman–Crippen LogP) is 4.07. The lowest BCUT2D eigenvalue weighted by molar-refractivity contribution is -0.142. The molecule has 9 nitrogen and oxygen atoms in total. The first kappa shape index (κ1) is 23.6. The van der Waals surface area contributed by atoms with Crippen LogP contribution in [0.2, 0.25) is 0 Å². The number of benzene rings is 1. The minimum absolute atomic E-state index is 0.0484. The van der Waals surface area contributed by atoms with E-state index in [0.717, 1.165) is 10.2 Å². The van der Waals surface area contributed by atoms with Gasteiger partial charge in [0.05, 0.1) is 32.0 Å². The monoisotopic (exact) mass is 500 g/mol. The quantitative estimate of drug-likeness (QED) is 0.394. The van der Waals surface area contributed by atoms with Crippen molar-refractivity contribution in [1.29, 1.82) is 0 Å². The average Bonchev–Trinajstić information content (AvgIpc) is 3.30. The lowest BCUT2D eigenvalue weighted by Gasteiger charge is -2.13. The highest BCUT2D eigenvalue weighted by Gasteiger charge is 2.33. The fourth-order valence-electron chi connectivity index (χ4n) is 4.31. The van der Waals surface area contributed by atoms with Crippen molar-refractivity contribution in [3.63, 3.8) is 0 Å². The van der Waals surface area contributed by atoms with Gasteiger partial charge in [0.15, 0.2) is 17.3 Å². The number of fused-ring (bicyclic) bond motifs is 3. The van der Waals surface area contributed by atoms with E-state index in [1.165, 1.54) is 0 Å². The summed E-state index contributed by atoms with van der Waals surface area (Å²) in [6.07, 6.45) is -0.878. The molecule has 0 unspecified atom stereocenters. The molecular weight excluding hydrogens is 477 g/mol. The Labute approximate surface area is 204 Å². The first-order chi connectivity index (χ1) is 17.3. The molecule has 4 aromatic rings. The summed E-state index contributed by atoms with van der Waals surface area (Å²) in [5.74, 6) is 2.53. The zero-order valence-corrected chi connectivity index (χ0v) is 19.8. The third-order valence-electron chi connectivity index (χ3n) is 5.80. The number of methoxy groups -OCH3 is 2. The van der Waals surface area contributed by atoms with Crippen molar-refractivity contribution < 1.29 is 27.4 Å². The van der Waals surface area contributed by atoms with Gasteiger partial charge in [0, 0.05) is 18.8 Å². The second kappa shape index (κ2) is 9.17. The van der Waals surface area contributed by atoms with E-state index in [9.17, 15) is 13.2 Å². The van der Waals surface area contributed by atoms with Gasteiger partial charge in [-0.3, -0.25) is 4.98 Å². The Balaban J connectivity index is 1.70. The van der Waals surface area contributed by atoms with Crippen molar-refractivity contribution in [3.8, 4) is 40.2 Å². The molecule has 1 aromatic carbocycles. The van der Waals surface area contributed by atoms with Gasteiger partial charge >= 0.3 is 6.18 Å². The number of halogens is 3. The van der Waals surface area contributed by atoms with Crippen molar-refractivity contribution in [1.82, 2.24) is 29.3 Å². The van der Waals surface area contributed by atoms with Crippen LogP contribution < -0.4 is 14.2 Å². The van der Waals surface area contributed by atoms with Crippen molar-refractivity contribution in [3.05, 3.63) is 53.7 Å². The Bertz CT molecular complexity index is 1410. The van der Waals surface area contributed by atoms with Crippen molar-refractivity contribution in [2.24, 2.45) is 0 Å². The van der Waals surface area contributed by atoms with E-state index >= 15 is 0 Å². The molecule has 4 heterocycles. The van der Waals surface area contributed by atoms with E-state index < -0.39 is 12.7 Å². The second-order valence-electron chi connectivity index (χ2n) is 8.22. The molecule has 0 radical (unpaired) electrons. The number of imidazole rings is 1. The smallest absolute Gasteiger partial charge is 0.408 e. The molecule has 0 bridgehead atoms. The molecular formula is C24H23F3N6O3. The van der Waals surface area contributed by atoms with Crippen LogP contribution in [0, 0.1) is 6.92 Å². The van der Waals surface area contributed by atoms with E-state index in [2.05, 4.69) is 15.1 Å². The number of hydrogen-bond donors (Lipinski definition) is 0. The van der Waals surface area contributed by atoms with E-state index in [0.29, 0.717) is 59.6 Å². The molecule has 0 fully saturated rings. The summed E-state index contributed by atoms with van der Waals surface area (Å²) in [5, 5.41) is 4.00. The zero-order chi connectivity index (χ0) is 25.4. The number of alkyl halides is 3. The van der Waals surface area contributed by atoms with E-state index in [1.54, 1.807) is 45.7 Å². The van der Waals surface area contributed by atoms with Gasteiger partial charge in [-0.1, -0.05) is 6.07 Å². The third kappa shape index (κ3) is 4.45. The molecule has 1 aliphatic rings. The zero-order valence-electron chi connectivity index (χ0n) is 19.8. The fraction of sp³-hybridized carbons (Fsp3) is 0.333. The molecule has 0 amide bonds. The molecule has 12 heteroatoms. The van der Waals surface area contributed by atoms with Crippen LogP contribution in [0.25, 0.3) is 22.9 Å². The van der Waals surface area contributed by atoms with Crippen LogP contribution in [0.3, 0.4) is 0 Å². The third-order valence-corrected chi connectivity index (χ3v) is 5.80. The molecule has 36 heavy (non-hydrogen) atoms. The Morgan fingerprint density at radius 3 is 2.61 bits per heavy atom. The maximum Gasteiger partial charge on any atom is 0.408 e. The van der Waals surface area contributed by atoms with Crippen LogP contribution in [0.5, 0.6) is 17.2 Å². The summed E-state index contributed by atoms with van der Waals surface area (Å²) in [5.41, 5.74) is 2.50. The molecule has 5 rings (SSSR count). The first-order valence-corrected chi connectivity index (χ1v) is 11.1. The Morgan fingerprint density at radius 1 is 1.06 bits per heavy atom. The van der Waals surface area contributed by atoms with Crippen molar-refractivity contribution in [2.45, 2.75) is 32.6 Å². The summed E-state index contributed by atoms with van der Waals surface area (Å²) in [7, 11) is 3.09. The number of pyridine rings is 1. The molecule has 0 spiro atoms. The van der Waals surface area contributed by atoms with Crippen LogP contribution >= 0.6 is 0 Å². The highest BCUT2D eigenvalue weighted by molar-refractivity contribution is 5.69. The molecule has 0 atom stereocenters. The standard InChI is InChI=1S/C24H23F3N6O3/c1-14-29-23(33(31-14)13-24(25,26)27)21-17(10-15-4-5-19(34-2)20(11-15)35-3)32-8-9-36-18-6-7-28-12-16(18)22(32)30-21/h4-7,11-12H,8-10,13H2,1-3H3. The maximum atomic E-state index is 13.4. The number of ether oxygens (including phenoxy) is 3. The highest BCUT2D eigenvalue weighted by Crippen LogP contribution is 2.37. The lowest BCUT2D eigenvalue weighted by atomic mass is 10.1. The van der Waals surface area contributed by atoms with Gasteiger partial charge in [0.2, 0.25) is 0 Å². The van der Waals surface area contributed by atoms with E-state index in [1.807, 2.05) is 16.7 Å². The summed E-state index contributed by atoms with van der Waals surface area (Å²) in [6.45, 7) is 1.07. The first-order valence-electron chi connectivity index (χ1n) is 11.1. The number of nitrogens with zero attached hydrogens (tertiary/aromatic N) is 6. The fourth-order valence-corrected chi connectivity index (χ4v) is 4.31. The van der Waals surface area contributed by atoms with Crippen LogP contribution in [-0.2, 0) is 19.5 Å². The summed E-state index contributed by atoms with van der Waals surface area (Å²) >= 11 is 0. The molecule has 0 saturated carbocycles. The van der Waals surface area contributed by atoms with Crippen LogP contribution in [0.15, 0.2) is 36.7 Å². The molecule has 1 aliphatic heterocycles. The van der Waals surface area contributed by atoms with Gasteiger partial charge in [-0.25, -0.2) is 14.6 Å². The minimum Gasteiger partial charge on any atom is -0.493 e. The van der Waals surface area contributed by atoms with Crippen molar-refractivity contribution in [2.75, 3.05) is 20.8 Å². The summed E-state index contributed by atoms with van der Waals surface area (Å²) < 4.78 is 59.5. The number of aryl methyl sites for hydroxylation is 1. The van der Waals surface area contributed by atoms with Crippen LogP contribution in [0.1, 0.15) is 17.1 Å². The highest BCUT2D eigenvalue weighted by atomic mass is 19.4. The number of aromatic nitrogens is 6. The van der Waals surface area contributed by atoms with Crippen LogP contribution in [0.4, 0.5) is 13.2 Å². The van der Waals surface area contributed by atoms with E-state index in [-0.39, 0.29) is 11.6 Å². The van der Waals surface area contributed by atoms with Gasteiger partial charge in [0.25, 0.3) is 0 Å². The molecule has 0 saturated heterocycles. The molecule has 0 aliphatic carbocycles. The summed E-state index contributed by atoms with van der Waals surface area (Å²) in [6, 6.07) is 7.23. The van der Waals surface area contributed by atoms with Gasteiger partial charge in [-0.2, -0.15) is 18.3 Å². The van der Waals surface area contributed by atoms with Gasteiger partial charge < -0.3 is 18.8 Å². The number of hydrogen-bond acceptors (Lipinski definition) is 7. The van der Waals surface area contributed by atoms with Crippen molar-refractivity contribution >= 4 is 0 Å².